The van der Waals surface area contributed by atoms with E-state index < -0.39 is 0 Å². The van der Waals surface area contributed by atoms with Crippen LogP contribution in [0.4, 0.5) is 5.82 Å². The standard InChI is InChI=1S/C14H14N4O/c1-2-18-8-7-13(17-18)16-14(19)12-9-10-5-3-4-6-11(10)15-12/h3-9,15H,2H2,1H3,(H,16,17,19). The maximum Gasteiger partial charge on any atom is 0.273 e. The normalized spacial score (nSPS) is 10.8. The lowest BCUT2D eigenvalue weighted by molar-refractivity contribution is 0.102. The number of nitrogens with zero attached hydrogens (tertiary/aromatic N) is 2. The Morgan fingerprint density at radius 2 is 2.21 bits per heavy atom. The summed E-state index contributed by atoms with van der Waals surface area (Å²) in [5, 5.41) is 8.01. The van der Waals surface area contributed by atoms with Gasteiger partial charge in [0.05, 0.1) is 0 Å². The zero-order valence-corrected chi connectivity index (χ0v) is 10.6. The van der Waals surface area contributed by atoms with Crippen molar-refractivity contribution in [1.29, 1.82) is 0 Å². The molecule has 2 N–H and O–H groups in total. The van der Waals surface area contributed by atoms with Gasteiger partial charge in [0.1, 0.15) is 5.69 Å². The van der Waals surface area contributed by atoms with Gasteiger partial charge in [-0.2, -0.15) is 5.10 Å². The zero-order chi connectivity index (χ0) is 13.2. The second-order valence-electron chi connectivity index (χ2n) is 4.28. The fourth-order valence-corrected chi connectivity index (χ4v) is 1.98. The molecule has 0 saturated carbocycles. The van der Waals surface area contributed by atoms with Crippen LogP contribution in [0, 0.1) is 0 Å². The van der Waals surface area contributed by atoms with Crippen LogP contribution in [0.2, 0.25) is 0 Å². The zero-order valence-electron chi connectivity index (χ0n) is 10.6. The van der Waals surface area contributed by atoms with Crippen LogP contribution in [0.5, 0.6) is 0 Å². The Kier molecular flexibility index (Phi) is 2.79. The molecule has 0 aliphatic rings. The quantitative estimate of drug-likeness (QED) is 0.754. The van der Waals surface area contributed by atoms with Crippen LogP contribution in [0.15, 0.2) is 42.6 Å². The lowest BCUT2D eigenvalue weighted by Gasteiger charge is -1.99. The summed E-state index contributed by atoms with van der Waals surface area (Å²) < 4.78 is 1.76. The number of aryl methyl sites for hydroxylation is 1. The third kappa shape index (κ3) is 2.22. The summed E-state index contributed by atoms with van der Waals surface area (Å²) in [4.78, 5) is 15.2. The van der Waals surface area contributed by atoms with Gasteiger partial charge in [-0.05, 0) is 19.1 Å². The second-order valence-corrected chi connectivity index (χ2v) is 4.28. The molecule has 2 heterocycles. The summed E-state index contributed by atoms with van der Waals surface area (Å²) in [6.45, 7) is 2.78. The monoisotopic (exact) mass is 254 g/mol. The van der Waals surface area contributed by atoms with Crippen LogP contribution in [0.1, 0.15) is 17.4 Å². The molecule has 0 fully saturated rings. The molecule has 0 atom stereocenters. The van der Waals surface area contributed by atoms with Crippen molar-refractivity contribution >= 4 is 22.6 Å². The highest BCUT2D eigenvalue weighted by Crippen LogP contribution is 2.15. The first-order chi connectivity index (χ1) is 9.26. The number of carbonyl (C=O) groups is 1. The Hall–Kier alpha value is -2.56. The number of anilines is 1. The van der Waals surface area contributed by atoms with Gasteiger partial charge < -0.3 is 10.3 Å². The van der Waals surface area contributed by atoms with E-state index in [4.69, 9.17) is 0 Å². The van der Waals surface area contributed by atoms with E-state index in [0.717, 1.165) is 17.4 Å². The molecule has 5 heteroatoms. The highest BCUT2D eigenvalue weighted by atomic mass is 16.2. The van der Waals surface area contributed by atoms with Crippen LogP contribution in [0.3, 0.4) is 0 Å². The molecule has 0 aliphatic heterocycles. The summed E-state index contributed by atoms with van der Waals surface area (Å²) in [5.41, 5.74) is 1.49. The fourth-order valence-electron chi connectivity index (χ4n) is 1.98. The molecule has 1 aromatic carbocycles. The number of amides is 1. The predicted octanol–water partition coefficient (Wildman–Crippen LogP) is 2.64. The maximum absolute atomic E-state index is 12.1. The van der Waals surface area contributed by atoms with Crippen molar-refractivity contribution in [3.8, 4) is 0 Å². The number of hydrogen-bond acceptors (Lipinski definition) is 2. The first-order valence-electron chi connectivity index (χ1n) is 6.19. The van der Waals surface area contributed by atoms with Crippen LogP contribution < -0.4 is 5.32 Å². The van der Waals surface area contributed by atoms with Crippen molar-refractivity contribution in [3.05, 3.63) is 48.3 Å². The highest BCUT2D eigenvalue weighted by Gasteiger charge is 2.10. The number of benzene rings is 1. The van der Waals surface area contributed by atoms with E-state index in [1.807, 2.05) is 43.5 Å². The van der Waals surface area contributed by atoms with Gasteiger partial charge in [0.15, 0.2) is 5.82 Å². The van der Waals surface area contributed by atoms with Crippen molar-refractivity contribution in [3.63, 3.8) is 0 Å². The van der Waals surface area contributed by atoms with E-state index in [0.29, 0.717) is 11.5 Å². The Morgan fingerprint density at radius 3 is 2.95 bits per heavy atom. The van der Waals surface area contributed by atoms with Gasteiger partial charge in [-0.3, -0.25) is 9.48 Å². The van der Waals surface area contributed by atoms with Gasteiger partial charge in [0, 0.05) is 29.7 Å². The molecule has 3 rings (SSSR count). The Bertz CT molecular complexity index is 693. The van der Waals surface area contributed by atoms with Crippen LogP contribution in [0.25, 0.3) is 10.9 Å². The second kappa shape index (κ2) is 4.61. The molecule has 0 unspecified atom stereocenters. The number of H-pyrrole nitrogens is 1. The molecule has 2 aromatic heterocycles. The first-order valence-corrected chi connectivity index (χ1v) is 6.19. The molecule has 0 radical (unpaired) electrons. The van der Waals surface area contributed by atoms with Crippen LogP contribution in [-0.4, -0.2) is 20.7 Å². The summed E-state index contributed by atoms with van der Waals surface area (Å²) in [6, 6.07) is 11.4. The molecular formula is C14H14N4O. The Morgan fingerprint density at radius 1 is 1.37 bits per heavy atom. The third-order valence-corrected chi connectivity index (χ3v) is 2.98. The van der Waals surface area contributed by atoms with Crippen LogP contribution >= 0.6 is 0 Å². The number of aromatic amines is 1. The van der Waals surface area contributed by atoms with E-state index in [-0.39, 0.29) is 5.91 Å². The maximum atomic E-state index is 12.1. The van der Waals surface area contributed by atoms with Crippen molar-refractivity contribution in [1.82, 2.24) is 14.8 Å². The van der Waals surface area contributed by atoms with E-state index in [1.54, 1.807) is 10.7 Å². The minimum atomic E-state index is -0.183. The molecular weight excluding hydrogens is 240 g/mol. The third-order valence-electron chi connectivity index (χ3n) is 2.98. The average molecular weight is 254 g/mol. The van der Waals surface area contributed by atoms with Gasteiger partial charge in [-0.1, -0.05) is 18.2 Å². The number of nitrogens with one attached hydrogen (secondary N) is 2. The highest BCUT2D eigenvalue weighted by molar-refractivity contribution is 6.05. The number of para-hydroxylation sites is 1. The summed E-state index contributed by atoms with van der Waals surface area (Å²) in [7, 11) is 0. The first kappa shape index (κ1) is 11.5. The number of hydrogen-bond donors (Lipinski definition) is 2. The Labute approximate surface area is 110 Å². The number of carbonyl (C=O) groups excluding carboxylic acids is 1. The molecule has 5 nitrogen and oxygen atoms in total. The van der Waals surface area contributed by atoms with Gasteiger partial charge in [-0.15, -0.1) is 0 Å². The van der Waals surface area contributed by atoms with E-state index in [9.17, 15) is 4.79 Å². The molecule has 19 heavy (non-hydrogen) atoms. The Balaban J connectivity index is 1.83. The van der Waals surface area contributed by atoms with Gasteiger partial charge in [-0.25, -0.2) is 0 Å². The van der Waals surface area contributed by atoms with Gasteiger partial charge >= 0.3 is 0 Å². The average Bonchev–Trinajstić information content (AvgIpc) is 3.04. The number of rotatable bonds is 3. The SMILES string of the molecule is CCn1ccc(NC(=O)c2cc3ccccc3[nH]2)n1. The lowest BCUT2D eigenvalue weighted by atomic mass is 10.2. The van der Waals surface area contributed by atoms with Gasteiger partial charge in [0.2, 0.25) is 0 Å². The molecule has 0 bridgehead atoms. The minimum Gasteiger partial charge on any atom is -0.351 e. The van der Waals surface area contributed by atoms with Crippen molar-refractivity contribution in [2.24, 2.45) is 0 Å². The van der Waals surface area contributed by atoms with Gasteiger partial charge in [0.25, 0.3) is 5.91 Å². The number of aromatic nitrogens is 3. The largest absolute Gasteiger partial charge is 0.351 e. The van der Waals surface area contributed by atoms with Crippen molar-refractivity contribution in [2.75, 3.05) is 5.32 Å². The van der Waals surface area contributed by atoms with Crippen molar-refractivity contribution < 1.29 is 4.79 Å². The van der Waals surface area contributed by atoms with Crippen LogP contribution in [-0.2, 0) is 6.54 Å². The molecule has 0 saturated heterocycles. The summed E-state index contributed by atoms with van der Waals surface area (Å²) >= 11 is 0. The smallest absolute Gasteiger partial charge is 0.273 e. The molecule has 3 aromatic rings. The lowest BCUT2D eigenvalue weighted by Crippen LogP contribution is -2.13. The van der Waals surface area contributed by atoms with E-state index in [2.05, 4.69) is 15.4 Å². The number of fused-ring (bicyclic) bond motifs is 1. The molecule has 0 aliphatic carbocycles. The van der Waals surface area contributed by atoms with Crippen molar-refractivity contribution in [2.45, 2.75) is 13.5 Å². The molecule has 1 amide bonds. The fraction of sp³-hybridized carbons (Fsp3) is 0.143. The molecule has 96 valence electrons. The molecule has 0 spiro atoms. The topological polar surface area (TPSA) is 62.7 Å². The van der Waals surface area contributed by atoms with E-state index in [1.165, 1.54) is 0 Å². The minimum absolute atomic E-state index is 0.183. The summed E-state index contributed by atoms with van der Waals surface area (Å²) in [5.74, 6) is 0.378. The summed E-state index contributed by atoms with van der Waals surface area (Å²) in [6.07, 6.45) is 1.83. The van der Waals surface area contributed by atoms with E-state index >= 15 is 0 Å². The predicted molar refractivity (Wildman–Crippen MR) is 74.2 cm³/mol.